The molecule has 1 aromatic carbocycles. The van der Waals surface area contributed by atoms with Gasteiger partial charge in [-0.2, -0.15) is 0 Å². The van der Waals surface area contributed by atoms with Crippen LogP contribution in [-0.2, 0) is 22.5 Å². The third-order valence-corrected chi connectivity index (χ3v) is 9.18. The number of carbonyl (C=O) groups is 1. The zero-order valence-electron chi connectivity index (χ0n) is 28.9. The molecule has 0 radical (unpaired) electrons. The van der Waals surface area contributed by atoms with Gasteiger partial charge in [0.1, 0.15) is 11.6 Å². The van der Waals surface area contributed by atoms with Crippen molar-refractivity contribution >= 4 is 17.5 Å². The van der Waals surface area contributed by atoms with Crippen LogP contribution in [0.25, 0.3) is 11.1 Å². The first-order chi connectivity index (χ1) is 21.0. The van der Waals surface area contributed by atoms with E-state index in [0.717, 1.165) is 85.3 Å². The number of ether oxygens (including phenoxy) is 1. The van der Waals surface area contributed by atoms with Crippen molar-refractivity contribution in [2.45, 2.75) is 113 Å². The van der Waals surface area contributed by atoms with Crippen LogP contribution in [0.2, 0.25) is 0 Å². The maximum absolute atomic E-state index is 12.8. The summed E-state index contributed by atoms with van der Waals surface area (Å²) in [6, 6.07) is 8.81. The van der Waals surface area contributed by atoms with Crippen LogP contribution in [0.3, 0.4) is 0 Å². The molecule has 0 saturated carbocycles. The molecular formula is C37H51N5O3. The van der Waals surface area contributed by atoms with Crippen LogP contribution >= 0.6 is 0 Å². The van der Waals surface area contributed by atoms with E-state index in [4.69, 9.17) is 14.7 Å². The summed E-state index contributed by atoms with van der Waals surface area (Å²) in [4.78, 5) is 32.1. The second-order valence-electron chi connectivity index (χ2n) is 15.1. The number of aliphatic carboxylic acids is 1. The summed E-state index contributed by atoms with van der Waals surface area (Å²) in [6.45, 7) is 24.0. The van der Waals surface area contributed by atoms with Gasteiger partial charge in [0.2, 0.25) is 0 Å². The molecule has 2 aliphatic heterocycles. The van der Waals surface area contributed by atoms with Crippen LogP contribution in [0, 0.1) is 26.2 Å². The Morgan fingerprint density at radius 2 is 1.62 bits per heavy atom. The smallest absolute Gasteiger partial charge is 0.337 e. The van der Waals surface area contributed by atoms with Crippen molar-refractivity contribution in [1.29, 1.82) is 0 Å². The van der Waals surface area contributed by atoms with Crippen LogP contribution in [0.1, 0.15) is 113 Å². The first kappa shape index (κ1) is 32.9. The summed E-state index contributed by atoms with van der Waals surface area (Å²) >= 11 is 0. The highest BCUT2D eigenvalue weighted by Gasteiger charge is 2.36. The van der Waals surface area contributed by atoms with E-state index in [0.29, 0.717) is 11.3 Å². The molecular weight excluding hydrogens is 562 g/mol. The number of rotatable bonds is 7. The van der Waals surface area contributed by atoms with Crippen molar-refractivity contribution in [3.8, 4) is 11.1 Å². The highest BCUT2D eigenvalue weighted by Crippen LogP contribution is 2.45. The van der Waals surface area contributed by atoms with E-state index in [2.05, 4.69) is 73.7 Å². The normalized spacial score (nSPS) is 17.4. The van der Waals surface area contributed by atoms with Gasteiger partial charge in [-0.1, -0.05) is 45.9 Å². The summed E-state index contributed by atoms with van der Waals surface area (Å²) in [5, 5.41) is 10.5. The molecule has 3 aromatic rings. The molecule has 1 fully saturated rings. The van der Waals surface area contributed by atoms with E-state index >= 15 is 0 Å². The van der Waals surface area contributed by atoms with Gasteiger partial charge in [0.25, 0.3) is 0 Å². The molecule has 2 aromatic heterocycles. The Hall–Kier alpha value is -3.52. The minimum atomic E-state index is -1.12. The fraction of sp³-hybridized carbons (Fsp3) is 0.568. The number of hydrogen-bond donors (Lipinski definition) is 1. The average Bonchev–Trinajstić information content (AvgIpc) is 2.94. The number of aryl methyl sites for hydroxylation is 3. The molecule has 0 unspecified atom stereocenters. The van der Waals surface area contributed by atoms with Crippen molar-refractivity contribution in [2.75, 3.05) is 29.4 Å². The van der Waals surface area contributed by atoms with Crippen molar-refractivity contribution < 1.29 is 14.6 Å². The highest BCUT2D eigenvalue weighted by atomic mass is 16.5. The molecule has 1 N–H and O–H groups in total. The maximum atomic E-state index is 12.8. The summed E-state index contributed by atoms with van der Waals surface area (Å²) in [5.41, 5.74) is 8.53. The van der Waals surface area contributed by atoms with Gasteiger partial charge in [-0.15, -0.1) is 0 Å². The van der Waals surface area contributed by atoms with E-state index in [9.17, 15) is 9.90 Å². The number of piperidine rings is 1. The van der Waals surface area contributed by atoms with Gasteiger partial charge in [-0.25, -0.2) is 14.8 Å². The number of aromatic nitrogens is 3. The number of pyridine rings is 1. The Morgan fingerprint density at radius 3 is 2.24 bits per heavy atom. The van der Waals surface area contributed by atoms with Crippen LogP contribution in [0.5, 0.6) is 0 Å². The number of fused-ring (bicyclic) bond motifs is 1. The minimum absolute atomic E-state index is 0.248. The molecule has 8 nitrogen and oxygen atoms in total. The molecule has 5 rings (SSSR count). The highest BCUT2D eigenvalue weighted by molar-refractivity contribution is 5.88. The molecule has 0 spiro atoms. The van der Waals surface area contributed by atoms with Gasteiger partial charge in [0.15, 0.2) is 6.10 Å². The molecule has 0 aliphatic carbocycles. The standard InChI is InChI=1S/C37H51N5O3/c1-22(2)34-38-23(3)19-29(40-34)42-16-13-26-20-27(11-12-28(26)21-42)30-24(4)39-25(5)31(33(35(43)44)45-36(6,7)8)32(30)41-17-14-37(9,10)15-18-41/h11-12,19-20,22,33H,13-18,21H2,1-10H3,(H,43,44)/t33-/m0/s1. The fourth-order valence-corrected chi connectivity index (χ4v) is 6.65. The van der Waals surface area contributed by atoms with E-state index in [1.165, 1.54) is 11.1 Å². The number of anilines is 2. The maximum Gasteiger partial charge on any atom is 0.337 e. The molecule has 1 atom stereocenters. The summed E-state index contributed by atoms with van der Waals surface area (Å²) in [5.74, 6) is 1.15. The number of carboxylic acid groups (broad SMARTS) is 1. The monoisotopic (exact) mass is 613 g/mol. The zero-order chi connectivity index (χ0) is 32.8. The summed E-state index contributed by atoms with van der Waals surface area (Å²) in [6.07, 6.45) is 1.84. The van der Waals surface area contributed by atoms with Crippen LogP contribution in [0.15, 0.2) is 24.3 Å². The topological polar surface area (TPSA) is 91.7 Å². The van der Waals surface area contributed by atoms with Crippen molar-refractivity contribution in [3.05, 3.63) is 63.9 Å². The quantitative estimate of drug-likeness (QED) is 0.290. The lowest BCUT2D eigenvalue weighted by atomic mass is 9.81. The van der Waals surface area contributed by atoms with Gasteiger partial charge in [0, 0.05) is 66.4 Å². The van der Waals surface area contributed by atoms with Crippen molar-refractivity contribution in [3.63, 3.8) is 0 Å². The van der Waals surface area contributed by atoms with E-state index in [1.54, 1.807) is 0 Å². The van der Waals surface area contributed by atoms with Gasteiger partial charge in [-0.3, -0.25) is 4.98 Å². The summed E-state index contributed by atoms with van der Waals surface area (Å²) in [7, 11) is 0. The minimum Gasteiger partial charge on any atom is -0.479 e. The zero-order valence-corrected chi connectivity index (χ0v) is 28.9. The Balaban J connectivity index is 1.60. The summed E-state index contributed by atoms with van der Waals surface area (Å²) < 4.78 is 6.26. The predicted molar refractivity (Wildman–Crippen MR) is 181 cm³/mol. The molecule has 1 saturated heterocycles. The van der Waals surface area contributed by atoms with E-state index in [-0.39, 0.29) is 11.3 Å². The molecule has 4 heterocycles. The Kier molecular flexibility index (Phi) is 9.02. The van der Waals surface area contributed by atoms with Crippen LogP contribution in [-0.4, -0.2) is 51.3 Å². The largest absolute Gasteiger partial charge is 0.479 e. The molecule has 0 amide bonds. The van der Waals surface area contributed by atoms with Crippen molar-refractivity contribution in [2.24, 2.45) is 5.41 Å². The molecule has 8 heteroatoms. The Labute approximate surface area is 269 Å². The number of hydrogen-bond acceptors (Lipinski definition) is 7. The van der Waals surface area contributed by atoms with Crippen LogP contribution in [0.4, 0.5) is 11.5 Å². The van der Waals surface area contributed by atoms with E-state index < -0.39 is 17.7 Å². The second-order valence-corrected chi connectivity index (χ2v) is 15.1. The first-order valence-electron chi connectivity index (χ1n) is 16.4. The predicted octanol–water partition coefficient (Wildman–Crippen LogP) is 7.72. The lowest BCUT2D eigenvalue weighted by Gasteiger charge is -2.41. The Morgan fingerprint density at radius 1 is 0.933 bits per heavy atom. The number of carboxylic acids is 1. The molecule has 45 heavy (non-hydrogen) atoms. The van der Waals surface area contributed by atoms with Gasteiger partial charge in [-0.05, 0) is 82.9 Å². The first-order valence-corrected chi connectivity index (χ1v) is 16.4. The van der Waals surface area contributed by atoms with Gasteiger partial charge < -0.3 is 19.6 Å². The molecule has 2 aliphatic rings. The van der Waals surface area contributed by atoms with Gasteiger partial charge in [0.05, 0.1) is 11.3 Å². The Bertz CT molecular complexity index is 1580. The second kappa shape index (κ2) is 12.3. The molecule has 242 valence electrons. The van der Waals surface area contributed by atoms with Crippen molar-refractivity contribution in [1.82, 2.24) is 15.0 Å². The van der Waals surface area contributed by atoms with Crippen LogP contribution < -0.4 is 9.80 Å². The third-order valence-electron chi connectivity index (χ3n) is 9.18. The van der Waals surface area contributed by atoms with E-state index in [1.807, 2.05) is 34.6 Å². The SMILES string of the molecule is Cc1cc(N2CCc3cc(-c4c(C)nc(C)c([C@H](OC(C)(C)C)C(=O)O)c4N4CCC(C)(C)CC4)ccc3C2)nc(C(C)C)n1. The lowest BCUT2D eigenvalue weighted by molar-refractivity contribution is -0.160. The lowest BCUT2D eigenvalue weighted by Crippen LogP contribution is -2.39. The molecule has 0 bridgehead atoms. The average molecular weight is 614 g/mol. The number of nitrogens with zero attached hydrogens (tertiary/aromatic N) is 5. The van der Waals surface area contributed by atoms with Gasteiger partial charge >= 0.3 is 5.97 Å². The third kappa shape index (κ3) is 7.16. The number of benzene rings is 1. The fourth-order valence-electron chi connectivity index (χ4n) is 6.65.